The van der Waals surface area contributed by atoms with E-state index in [1.165, 1.54) is 0 Å². The van der Waals surface area contributed by atoms with Crippen LogP contribution >= 0.6 is 0 Å². The van der Waals surface area contributed by atoms with Crippen LogP contribution in [0, 0.1) is 0 Å². The van der Waals surface area contributed by atoms with E-state index >= 15 is 0 Å². The molecule has 6 heteroatoms. The highest BCUT2D eigenvalue weighted by Crippen LogP contribution is 2.29. The Morgan fingerprint density at radius 2 is 1.50 bits per heavy atom. The Bertz CT molecular complexity index is 952. The van der Waals surface area contributed by atoms with E-state index < -0.39 is 11.8 Å². The Kier molecular flexibility index (Phi) is 5.03. The Morgan fingerprint density at radius 1 is 0.808 bits per heavy atom. The van der Waals surface area contributed by atoms with Gasteiger partial charge in [-0.15, -0.1) is 0 Å². The van der Waals surface area contributed by atoms with Gasteiger partial charge in [0.05, 0.1) is 0 Å². The van der Waals surface area contributed by atoms with E-state index in [1.807, 2.05) is 0 Å². The maximum Gasteiger partial charge on any atom is 0.313 e. The fraction of sp³-hybridized carbons (Fsp3) is 0.100. The molecule has 0 aromatic heterocycles. The minimum atomic E-state index is -0.772. The Balaban J connectivity index is 1.60. The lowest BCUT2D eigenvalue weighted by atomic mass is 10.1. The highest BCUT2D eigenvalue weighted by Gasteiger charge is 2.15. The summed E-state index contributed by atoms with van der Waals surface area (Å²) in [4.78, 5) is 24.1. The fourth-order valence-corrected chi connectivity index (χ4v) is 2.64. The predicted octanol–water partition coefficient (Wildman–Crippen LogP) is 2.55. The van der Waals surface area contributed by atoms with Gasteiger partial charge in [-0.1, -0.05) is 36.4 Å². The minimum Gasteiger partial charge on any atom is -0.508 e. The Labute approximate surface area is 150 Å². The van der Waals surface area contributed by atoms with Crippen molar-refractivity contribution in [1.82, 2.24) is 5.32 Å². The third-order valence-corrected chi connectivity index (χ3v) is 3.99. The monoisotopic (exact) mass is 350 g/mol. The molecule has 0 atom stereocenters. The van der Waals surface area contributed by atoms with Crippen molar-refractivity contribution >= 4 is 28.3 Å². The SMILES string of the molecule is O=C(NCCc1ccc(O)cc1)C(=O)Nc1cccc2c(O)cccc12. The zero-order valence-electron chi connectivity index (χ0n) is 13.9. The maximum absolute atomic E-state index is 12.1. The predicted molar refractivity (Wildman–Crippen MR) is 99.1 cm³/mol. The molecule has 0 spiro atoms. The Morgan fingerprint density at radius 3 is 2.27 bits per heavy atom. The average molecular weight is 350 g/mol. The van der Waals surface area contributed by atoms with Gasteiger partial charge in [-0.2, -0.15) is 0 Å². The van der Waals surface area contributed by atoms with Crippen LogP contribution in [0.4, 0.5) is 5.69 Å². The van der Waals surface area contributed by atoms with Gasteiger partial charge in [0.15, 0.2) is 0 Å². The number of fused-ring (bicyclic) bond motifs is 1. The number of phenolic OH excluding ortho intramolecular Hbond substituents is 2. The first kappa shape index (κ1) is 17.3. The summed E-state index contributed by atoms with van der Waals surface area (Å²) in [5.74, 6) is -1.22. The van der Waals surface area contributed by atoms with Gasteiger partial charge in [0, 0.05) is 23.0 Å². The van der Waals surface area contributed by atoms with Crippen molar-refractivity contribution in [3.63, 3.8) is 0 Å². The standard InChI is InChI=1S/C20H18N2O4/c23-14-9-7-13(8-10-14)11-12-21-19(25)20(26)22-17-5-1-4-16-15(17)3-2-6-18(16)24/h1-10,23-24H,11-12H2,(H,21,25)(H,22,26). The van der Waals surface area contributed by atoms with Crippen LogP contribution in [0.1, 0.15) is 5.56 Å². The molecule has 0 fully saturated rings. The lowest BCUT2D eigenvalue weighted by molar-refractivity contribution is -0.136. The molecule has 26 heavy (non-hydrogen) atoms. The maximum atomic E-state index is 12.1. The number of carbonyl (C=O) groups is 2. The van der Waals surface area contributed by atoms with Gasteiger partial charge in [-0.25, -0.2) is 0 Å². The number of hydrogen-bond acceptors (Lipinski definition) is 4. The molecule has 0 aliphatic carbocycles. The van der Waals surface area contributed by atoms with Crippen molar-refractivity contribution in [2.45, 2.75) is 6.42 Å². The average Bonchev–Trinajstić information content (AvgIpc) is 2.64. The molecular formula is C20H18N2O4. The van der Waals surface area contributed by atoms with E-state index in [0.29, 0.717) is 29.4 Å². The Hall–Kier alpha value is -3.54. The molecule has 3 rings (SSSR count). The van der Waals surface area contributed by atoms with Gasteiger partial charge in [0.1, 0.15) is 11.5 Å². The normalized spacial score (nSPS) is 10.5. The first-order valence-electron chi connectivity index (χ1n) is 8.12. The largest absolute Gasteiger partial charge is 0.508 e. The van der Waals surface area contributed by atoms with Crippen LogP contribution in [-0.4, -0.2) is 28.6 Å². The van der Waals surface area contributed by atoms with Crippen LogP contribution in [0.3, 0.4) is 0 Å². The van der Waals surface area contributed by atoms with E-state index in [0.717, 1.165) is 5.56 Å². The number of carbonyl (C=O) groups excluding carboxylic acids is 2. The molecule has 0 radical (unpaired) electrons. The molecule has 3 aromatic rings. The number of anilines is 1. The smallest absolute Gasteiger partial charge is 0.313 e. The van der Waals surface area contributed by atoms with Crippen molar-refractivity contribution < 1.29 is 19.8 Å². The van der Waals surface area contributed by atoms with Gasteiger partial charge in [-0.3, -0.25) is 9.59 Å². The van der Waals surface area contributed by atoms with Crippen LogP contribution in [0.25, 0.3) is 10.8 Å². The first-order chi connectivity index (χ1) is 12.5. The summed E-state index contributed by atoms with van der Waals surface area (Å²) >= 11 is 0. The van der Waals surface area contributed by atoms with E-state index in [9.17, 15) is 19.8 Å². The van der Waals surface area contributed by atoms with Crippen molar-refractivity contribution in [3.8, 4) is 11.5 Å². The molecule has 132 valence electrons. The number of rotatable bonds is 4. The number of benzene rings is 3. The van der Waals surface area contributed by atoms with Gasteiger partial charge < -0.3 is 20.8 Å². The first-order valence-corrected chi connectivity index (χ1v) is 8.12. The van der Waals surface area contributed by atoms with Gasteiger partial charge in [0.25, 0.3) is 0 Å². The van der Waals surface area contributed by atoms with Crippen molar-refractivity contribution in [2.75, 3.05) is 11.9 Å². The topological polar surface area (TPSA) is 98.7 Å². The number of phenols is 2. The molecule has 2 amide bonds. The van der Waals surface area contributed by atoms with E-state index in [1.54, 1.807) is 60.7 Å². The van der Waals surface area contributed by atoms with Crippen LogP contribution < -0.4 is 10.6 Å². The number of aromatic hydroxyl groups is 2. The molecule has 0 unspecified atom stereocenters. The molecule has 0 bridgehead atoms. The van der Waals surface area contributed by atoms with E-state index in [-0.39, 0.29) is 11.5 Å². The zero-order valence-corrected chi connectivity index (χ0v) is 13.9. The summed E-state index contributed by atoms with van der Waals surface area (Å²) < 4.78 is 0. The highest BCUT2D eigenvalue weighted by molar-refractivity contribution is 6.40. The van der Waals surface area contributed by atoms with Crippen LogP contribution in [0.2, 0.25) is 0 Å². The van der Waals surface area contributed by atoms with Crippen molar-refractivity contribution in [1.29, 1.82) is 0 Å². The molecule has 0 aliphatic rings. The van der Waals surface area contributed by atoms with Crippen molar-refractivity contribution in [3.05, 3.63) is 66.2 Å². The third kappa shape index (κ3) is 3.92. The number of amides is 2. The molecule has 0 saturated carbocycles. The zero-order chi connectivity index (χ0) is 18.5. The summed E-state index contributed by atoms with van der Waals surface area (Å²) in [5, 5.41) is 25.5. The minimum absolute atomic E-state index is 0.108. The summed E-state index contributed by atoms with van der Waals surface area (Å²) in [6, 6.07) is 16.7. The lowest BCUT2D eigenvalue weighted by Gasteiger charge is -2.10. The summed E-state index contributed by atoms with van der Waals surface area (Å²) in [6.45, 7) is 0.299. The lowest BCUT2D eigenvalue weighted by Crippen LogP contribution is -2.36. The molecule has 6 nitrogen and oxygen atoms in total. The quantitative estimate of drug-likeness (QED) is 0.544. The summed E-state index contributed by atoms with van der Waals surface area (Å²) in [6.07, 6.45) is 0.543. The molecule has 4 N–H and O–H groups in total. The van der Waals surface area contributed by atoms with Gasteiger partial charge in [0.2, 0.25) is 0 Å². The van der Waals surface area contributed by atoms with Gasteiger partial charge >= 0.3 is 11.8 Å². The van der Waals surface area contributed by atoms with Crippen LogP contribution in [-0.2, 0) is 16.0 Å². The molecule has 0 saturated heterocycles. The molecule has 0 aliphatic heterocycles. The molecule has 0 heterocycles. The van der Waals surface area contributed by atoms with E-state index in [2.05, 4.69) is 10.6 Å². The second kappa shape index (κ2) is 7.57. The summed E-state index contributed by atoms with van der Waals surface area (Å²) in [5.41, 5.74) is 1.39. The number of nitrogens with one attached hydrogen (secondary N) is 2. The fourth-order valence-electron chi connectivity index (χ4n) is 2.64. The highest BCUT2D eigenvalue weighted by atomic mass is 16.3. The van der Waals surface area contributed by atoms with Crippen LogP contribution in [0.15, 0.2) is 60.7 Å². The molecular weight excluding hydrogens is 332 g/mol. The number of hydrogen-bond donors (Lipinski definition) is 4. The second-order valence-electron chi connectivity index (χ2n) is 5.80. The van der Waals surface area contributed by atoms with Crippen molar-refractivity contribution in [2.24, 2.45) is 0 Å². The van der Waals surface area contributed by atoms with E-state index in [4.69, 9.17) is 0 Å². The molecule has 3 aromatic carbocycles. The van der Waals surface area contributed by atoms with Gasteiger partial charge in [-0.05, 0) is 36.2 Å². The van der Waals surface area contributed by atoms with Crippen LogP contribution in [0.5, 0.6) is 11.5 Å². The summed E-state index contributed by atoms with van der Waals surface area (Å²) in [7, 11) is 0. The third-order valence-electron chi connectivity index (χ3n) is 3.99. The second-order valence-corrected chi connectivity index (χ2v) is 5.80.